The van der Waals surface area contributed by atoms with Crippen LogP contribution in [-0.2, 0) is 18.3 Å². The molecule has 4 aromatic rings. The van der Waals surface area contributed by atoms with Crippen molar-refractivity contribution in [1.82, 2.24) is 20.6 Å². The number of ether oxygens (including phenoxy) is 2. The zero-order valence-electron chi connectivity index (χ0n) is 20.8. The predicted molar refractivity (Wildman–Crippen MR) is 136 cm³/mol. The molecule has 0 fully saturated rings. The molecular weight excluding hydrogens is 459 g/mol. The summed E-state index contributed by atoms with van der Waals surface area (Å²) in [5, 5.41) is 24.2. The van der Waals surface area contributed by atoms with E-state index in [4.69, 9.17) is 9.47 Å². The summed E-state index contributed by atoms with van der Waals surface area (Å²) < 4.78 is 25.6. The Hall–Kier alpha value is -3.94. The molecule has 1 heterocycles. The molecule has 0 unspecified atom stereocenters. The highest BCUT2D eigenvalue weighted by Crippen LogP contribution is 2.32. The van der Waals surface area contributed by atoms with Crippen LogP contribution < -0.4 is 9.47 Å². The number of phenolic OH excluding ortho intramolecular Hbond substituents is 1. The number of aromatic hydroxyl groups is 1. The third-order valence-corrected chi connectivity index (χ3v) is 6.09. The first kappa shape index (κ1) is 25.2. The summed E-state index contributed by atoms with van der Waals surface area (Å²) in [6, 6.07) is 18.4. The molecule has 2 N–H and O–H groups in total. The van der Waals surface area contributed by atoms with Crippen molar-refractivity contribution in [2.24, 2.45) is 0 Å². The van der Waals surface area contributed by atoms with Crippen LogP contribution in [-0.4, -0.2) is 38.9 Å². The van der Waals surface area contributed by atoms with E-state index in [-0.39, 0.29) is 11.2 Å². The first-order valence-electron chi connectivity index (χ1n) is 12.1. The van der Waals surface area contributed by atoms with E-state index in [0.717, 1.165) is 46.6 Å². The minimum absolute atomic E-state index is 0.285. The highest BCUT2D eigenvalue weighted by atomic mass is 19.1. The van der Waals surface area contributed by atoms with E-state index in [2.05, 4.69) is 40.5 Å². The maximum atomic E-state index is 13.7. The van der Waals surface area contributed by atoms with Gasteiger partial charge in [-0.1, -0.05) is 56.3 Å². The molecular formula is C28H31FN4O3. The van der Waals surface area contributed by atoms with E-state index in [1.54, 1.807) is 0 Å². The minimum atomic E-state index is -0.601. The summed E-state index contributed by atoms with van der Waals surface area (Å²) in [6.45, 7) is 7.15. The molecule has 0 saturated carbocycles. The van der Waals surface area contributed by atoms with Gasteiger partial charge in [-0.05, 0) is 65.4 Å². The number of hydrogen-bond acceptors (Lipinski definition) is 6. The molecule has 0 aliphatic heterocycles. The van der Waals surface area contributed by atoms with Crippen molar-refractivity contribution in [2.75, 3.05) is 13.2 Å². The Balaban J connectivity index is 1.29. The number of nitrogens with one attached hydrogen (secondary N) is 1. The summed E-state index contributed by atoms with van der Waals surface area (Å²) in [5.74, 6) is 1.30. The second kappa shape index (κ2) is 11.2. The Morgan fingerprint density at radius 2 is 1.72 bits per heavy atom. The molecule has 188 valence electrons. The fraction of sp³-hybridized carbons (Fsp3) is 0.321. The smallest absolute Gasteiger partial charge is 0.180 e. The summed E-state index contributed by atoms with van der Waals surface area (Å²) in [6.07, 6.45) is 2.11. The van der Waals surface area contributed by atoms with E-state index in [1.165, 1.54) is 12.1 Å². The van der Waals surface area contributed by atoms with E-state index in [0.29, 0.717) is 25.5 Å². The van der Waals surface area contributed by atoms with Crippen LogP contribution in [0.25, 0.3) is 11.1 Å². The van der Waals surface area contributed by atoms with Crippen LogP contribution in [0.3, 0.4) is 0 Å². The summed E-state index contributed by atoms with van der Waals surface area (Å²) in [5.41, 5.74) is 3.36. The van der Waals surface area contributed by atoms with Crippen molar-refractivity contribution in [3.05, 3.63) is 83.4 Å². The number of aryl methyl sites for hydroxylation is 1. The van der Waals surface area contributed by atoms with E-state index in [1.807, 2.05) is 49.4 Å². The van der Waals surface area contributed by atoms with Crippen molar-refractivity contribution >= 4 is 0 Å². The number of rotatable bonds is 11. The normalized spacial score (nSPS) is 11.4. The van der Waals surface area contributed by atoms with Crippen LogP contribution in [0.1, 0.15) is 44.1 Å². The number of phenols is 1. The van der Waals surface area contributed by atoms with E-state index in [9.17, 15) is 9.50 Å². The highest BCUT2D eigenvalue weighted by Gasteiger charge is 2.27. The van der Waals surface area contributed by atoms with Crippen molar-refractivity contribution < 1.29 is 19.0 Å². The molecule has 0 bridgehead atoms. The molecule has 0 aliphatic rings. The quantitative estimate of drug-likeness (QED) is 0.264. The number of nitrogens with zero attached hydrogens (tertiary/aromatic N) is 3. The molecule has 0 radical (unpaired) electrons. The fourth-order valence-electron chi connectivity index (χ4n) is 4.12. The first-order chi connectivity index (χ1) is 17.4. The Kier molecular flexibility index (Phi) is 7.83. The van der Waals surface area contributed by atoms with Gasteiger partial charge >= 0.3 is 0 Å². The maximum Gasteiger partial charge on any atom is 0.180 e. The Morgan fingerprint density at radius 1 is 0.972 bits per heavy atom. The van der Waals surface area contributed by atoms with Gasteiger partial charge in [0.2, 0.25) is 0 Å². The van der Waals surface area contributed by atoms with Crippen LogP contribution in [0.5, 0.6) is 17.2 Å². The maximum absolute atomic E-state index is 13.7. The fourth-order valence-corrected chi connectivity index (χ4v) is 4.12. The number of halogens is 1. The average Bonchev–Trinajstić information content (AvgIpc) is 3.43. The van der Waals surface area contributed by atoms with Gasteiger partial charge in [0.15, 0.2) is 17.4 Å². The standard InChI is InChI=1S/C28H31FN4O3/c1-4-19-16-24(29)25(34)17-23(19)20-10-12-22(13-11-20)35-14-7-15-36-26-9-6-5-8-21(26)18-28(2,3)27-30-32-33-31-27/h5-6,8-13,16-17,34H,4,7,14-15,18H2,1-3H3,(H,30,31,32,33). The third-order valence-electron chi connectivity index (χ3n) is 6.09. The monoisotopic (exact) mass is 490 g/mol. The summed E-state index contributed by atoms with van der Waals surface area (Å²) in [7, 11) is 0. The zero-order valence-corrected chi connectivity index (χ0v) is 20.8. The average molecular weight is 491 g/mol. The number of para-hydroxylation sites is 1. The Labute approximate surface area is 210 Å². The Morgan fingerprint density at radius 3 is 2.44 bits per heavy atom. The molecule has 7 nitrogen and oxygen atoms in total. The molecule has 0 aliphatic carbocycles. The van der Waals surface area contributed by atoms with Gasteiger partial charge < -0.3 is 14.6 Å². The van der Waals surface area contributed by atoms with Crippen molar-refractivity contribution in [1.29, 1.82) is 0 Å². The predicted octanol–water partition coefficient (Wildman–Crippen LogP) is 5.64. The SMILES string of the molecule is CCc1cc(F)c(O)cc1-c1ccc(OCCCOc2ccccc2CC(C)(C)c2nn[nH]n2)cc1. The van der Waals surface area contributed by atoms with Gasteiger partial charge in [-0.3, -0.25) is 0 Å². The van der Waals surface area contributed by atoms with Crippen LogP contribution in [0.15, 0.2) is 60.7 Å². The molecule has 0 amide bonds. The van der Waals surface area contributed by atoms with Gasteiger partial charge in [0, 0.05) is 11.8 Å². The van der Waals surface area contributed by atoms with Gasteiger partial charge in [0.1, 0.15) is 11.5 Å². The van der Waals surface area contributed by atoms with E-state index >= 15 is 0 Å². The van der Waals surface area contributed by atoms with Gasteiger partial charge in [0.05, 0.1) is 13.2 Å². The largest absolute Gasteiger partial charge is 0.505 e. The van der Waals surface area contributed by atoms with Crippen LogP contribution in [0.2, 0.25) is 0 Å². The molecule has 0 atom stereocenters. The number of H-pyrrole nitrogens is 1. The van der Waals surface area contributed by atoms with Crippen LogP contribution in [0.4, 0.5) is 4.39 Å². The number of tetrazole rings is 1. The third kappa shape index (κ3) is 6.00. The lowest BCUT2D eigenvalue weighted by Crippen LogP contribution is -2.23. The van der Waals surface area contributed by atoms with Gasteiger partial charge in [-0.15, -0.1) is 10.2 Å². The molecule has 1 aromatic heterocycles. The number of aromatic nitrogens is 4. The van der Waals surface area contributed by atoms with Crippen LogP contribution >= 0.6 is 0 Å². The topological polar surface area (TPSA) is 93.1 Å². The summed E-state index contributed by atoms with van der Waals surface area (Å²) in [4.78, 5) is 0. The molecule has 8 heteroatoms. The lowest BCUT2D eigenvalue weighted by atomic mass is 9.85. The zero-order chi connectivity index (χ0) is 25.5. The summed E-state index contributed by atoms with van der Waals surface area (Å²) >= 11 is 0. The molecule has 0 spiro atoms. The lowest BCUT2D eigenvalue weighted by Gasteiger charge is -2.22. The Bertz CT molecular complexity index is 1270. The van der Waals surface area contributed by atoms with E-state index < -0.39 is 5.82 Å². The van der Waals surface area contributed by atoms with Crippen LogP contribution in [0, 0.1) is 5.82 Å². The highest BCUT2D eigenvalue weighted by molar-refractivity contribution is 5.69. The van der Waals surface area contributed by atoms with Gasteiger partial charge in [0.25, 0.3) is 0 Å². The van der Waals surface area contributed by atoms with Crippen molar-refractivity contribution in [3.8, 4) is 28.4 Å². The molecule has 3 aromatic carbocycles. The molecule has 4 rings (SSSR count). The van der Waals surface area contributed by atoms with Crippen molar-refractivity contribution in [2.45, 2.75) is 45.4 Å². The second-order valence-electron chi connectivity index (χ2n) is 9.29. The number of benzene rings is 3. The minimum Gasteiger partial charge on any atom is -0.505 e. The van der Waals surface area contributed by atoms with Gasteiger partial charge in [-0.25, -0.2) is 4.39 Å². The first-order valence-corrected chi connectivity index (χ1v) is 12.1. The number of hydrogen-bond donors (Lipinski definition) is 2. The molecule has 0 saturated heterocycles. The lowest BCUT2D eigenvalue weighted by molar-refractivity contribution is 0.245. The van der Waals surface area contributed by atoms with Crippen molar-refractivity contribution in [3.63, 3.8) is 0 Å². The van der Waals surface area contributed by atoms with Gasteiger partial charge in [-0.2, -0.15) is 5.21 Å². The number of aromatic amines is 1. The molecule has 36 heavy (non-hydrogen) atoms. The second-order valence-corrected chi connectivity index (χ2v) is 9.29.